The van der Waals surface area contributed by atoms with Crippen molar-refractivity contribution in [3.63, 3.8) is 0 Å². The summed E-state index contributed by atoms with van der Waals surface area (Å²) in [6, 6.07) is 9.72. The highest BCUT2D eigenvalue weighted by Gasteiger charge is 2.21. The van der Waals surface area contributed by atoms with Gasteiger partial charge in [0, 0.05) is 11.8 Å². The van der Waals surface area contributed by atoms with Crippen LogP contribution in [0.4, 0.5) is 0 Å². The largest absolute Gasteiger partial charge is 0.491 e. The van der Waals surface area contributed by atoms with Gasteiger partial charge in [-0.15, -0.1) is 0 Å². The highest BCUT2D eigenvalue weighted by molar-refractivity contribution is 5.67. The van der Waals surface area contributed by atoms with Crippen molar-refractivity contribution >= 4 is 12.2 Å². The molecule has 2 aromatic heterocycles. The molecule has 0 aliphatic heterocycles. The number of aromatic nitrogens is 3. The average Bonchev–Trinajstić information content (AvgIpc) is 3.20. The standard InChI is InChI=1S/C24H27N3O3/c1-4-16-8-10-21-18(12-16)14-20(24(28)25-21)23-26-22(30-27-23)11-9-17-6-5-7-19(13-17)29-15(2)3/h5-7,9,11,13-16H,4,8,10,12H2,1-3H3,(H,25,28)/b11-9+. The van der Waals surface area contributed by atoms with E-state index in [0.29, 0.717) is 23.2 Å². The molecule has 2 heterocycles. The maximum Gasteiger partial charge on any atom is 0.259 e. The van der Waals surface area contributed by atoms with Crippen LogP contribution < -0.4 is 10.3 Å². The van der Waals surface area contributed by atoms with E-state index in [9.17, 15) is 4.79 Å². The Morgan fingerprint density at radius 3 is 2.97 bits per heavy atom. The highest BCUT2D eigenvalue weighted by atomic mass is 16.5. The normalized spacial score (nSPS) is 16.2. The van der Waals surface area contributed by atoms with Gasteiger partial charge in [0.2, 0.25) is 5.82 Å². The molecule has 4 rings (SSSR count). The van der Waals surface area contributed by atoms with Crippen molar-refractivity contribution in [1.29, 1.82) is 0 Å². The summed E-state index contributed by atoms with van der Waals surface area (Å²) < 4.78 is 11.1. The number of aryl methyl sites for hydroxylation is 1. The molecule has 0 saturated carbocycles. The number of aromatic amines is 1. The monoisotopic (exact) mass is 405 g/mol. The lowest BCUT2D eigenvalue weighted by Gasteiger charge is -2.23. The predicted octanol–water partition coefficient (Wildman–Crippen LogP) is 4.90. The number of hydrogen-bond donors (Lipinski definition) is 1. The maximum atomic E-state index is 12.5. The van der Waals surface area contributed by atoms with Crippen LogP contribution in [0.5, 0.6) is 5.75 Å². The molecule has 0 spiro atoms. The van der Waals surface area contributed by atoms with Crippen molar-refractivity contribution < 1.29 is 9.26 Å². The first-order chi connectivity index (χ1) is 14.5. The summed E-state index contributed by atoms with van der Waals surface area (Å²) >= 11 is 0. The predicted molar refractivity (Wildman–Crippen MR) is 117 cm³/mol. The van der Waals surface area contributed by atoms with Gasteiger partial charge in [-0.25, -0.2) is 0 Å². The topological polar surface area (TPSA) is 81.0 Å². The van der Waals surface area contributed by atoms with E-state index in [1.807, 2.05) is 50.3 Å². The number of nitrogens with one attached hydrogen (secondary N) is 1. The molecule has 1 aliphatic carbocycles. The van der Waals surface area contributed by atoms with Crippen LogP contribution in [0.2, 0.25) is 0 Å². The zero-order chi connectivity index (χ0) is 21.1. The van der Waals surface area contributed by atoms with Crippen LogP contribution in [0.3, 0.4) is 0 Å². The van der Waals surface area contributed by atoms with E-state index < -0.39 is 0 Å². The van der Waals surface area contributed by atoms with Crippen LogP contribution in [0.25, 0.3) is 23.5 Å². The van der Waals surface area contributed by atoms with Crippen molar-refractivity contribution in [2.24, 2.45) is 5.92 Å². The lowest BCUT2D eigenvalue weighted by molar-refractivity contribution is 0.242. The molecule has 1 atom stereocenters. The molecule has 1 unspecified atom stereocenters. The Kier molecular flexibility index (Phi) is 5.84. The zero-order valence-electron chi connectivity index (χ0n) is 17.6. The van der Waals surface area contributed by atoms with Crippen LogP contribution in [0.1, 0.15) is 56.3 Å². The van der Waals surface area contributed by atoms with Gasteiger partial charge in [-0.2, -0.15) is 4.98 Å². The number of rotatable bonds is 6. The van der Waals surface area contributed by atoms with E-state index in [-0.39, 0.29) is 11.7 Å². The maximum absolute atomic E-state index is 12.5. The second-order valence-electron chi connectivity index (χ2n) is 8.06. The van der Waals surface area contributed by atoms with Crippen molar-refractivity contribution in [2.45, 2.75) is 52.6 Å². The molecule has 1 N–H and O–H groups in total. The molecular formula is C24H27N3O3. The first-order valence-electron chi connectivity index (χ1n) is 10.6. The lowest BCUT2D eigenvalue weighted by atomic mass is 9.84. The van der Waals surface area contributed by atoms with Crippen LogP contribution in [0, 0.1) is 5.92 Å². The molecule has 30 heavy (non-hydrogen) atoms. The summed E-state index contributed by atoms with van der Waals surface area (Å²) in [4.78, 5) is 20.0. The van der Waals surface area contributed by atoms with Gasteiger partial charge in [0.1, 0.15) is 5.75 Å². The molecule has 6 nitrogen and oxygen atoms in total. The fourth-order valence-electron chi connectivity index (χ4n) is 3.84. The third-order valence-electron chi connectivity index (χ3n) is 5.43. The number of fused-ring (bicyclic) bond motifs is 1. The average molecular weight is 405 g/mol. The summed E-state index contributed by atoms with van der Waals surface area (Å²) in [7, 11) is 0. The van der Waals surface area contributed by atoms with E-state index in [1.165, 1.54) is 5.56 Å². The molecule has 1 aromatic carbocycles. The van der Waals surface area contributed by atoms with E-state index in [0.717, 1.165) is 42.7 Å². The second-order valence-corrected chi connectivity index (χ2v) is 8.06. The van der Waals surface area contributed by atoms with Crippen molar-refractivity contribution in [2.75, 3.05) is 0 Å². The molecule has 3 aromatic rings. The Labute approximate surface area is 176 Å². The summed E-state index contributed by atoms with van der Waals surface area (Å²) in [5.74, 6) is 2.14. The Morgan fingerprint density at radius 1 is 1.30 bits per heavy atom. The summed E-state index contributed by atoms with van der Waals surface area (Å²) in [5.41, 5.74) is 3.48. The molecule has 156 valence electrons. The van der Waals surface area contributed by atoms with Gasteiger partial charge in [-0.05, 0) is 74.4 Å². The van der Waals surface area contributed by atoms with E-state index in [1.54, 1.807) is 6.08 Å². The Morgan fingerprint density at radius 2 is 2.17 bits per heavy atom. The third-order valence-corrected chi connectivity index (χ3v) is 5.43. The molecule has 0 radical (unpaired) electrons. The quantitative estimate of drug-likeness (QED) is 0.631. The molecule has 0 amide bonds. The minimum atomic E-state index is -0.168. The first kappa shape index (κ1) is 20.1. The highest BCUT2D eigenvalue weighted by Crippen LogP contribution is 2.27. The number of ether oxygens (including phenoxy) is 1. The molecule has 0 fully saturated rings. The van der Waals surface area contributed by atoms with E-state index in [2.05, 4.69) is 22.0 Å². The van der Waals surface area contributed by atoms with Gasteiger partial charge < -0.3 is 14.2 Å². The van der Waals surface area contributed by atoms with Gasteiger partial charge in [-0.1, -0.05) is 30.6 Å². The van der Waals surface area contributed by atoms with Crippen LogP contribution in [0.15, 0.2) is 39.6 Å². The minimum absolute atomic E-state index is 0.116. The van der Waals surface area contributed by atoms with Crippen molar-refractivity contribution in [3.8, 4) is 17.1 Å². The molecule has 0 saturated heterocycles. The smallest absolute Gasteiger partial charge is 0.259 e. The first-order valence-corrected chi connectivity index (χ1v) is 10.6. The number of hydrogen-bond acceptors (Lipinski definition) is 5. The minimum Gasteiger partial charge on any atom is -0.491 e. The third kappa shape index (κ3) is 4.53. The van der Waals surface area contributed by atoms with Gasteiger partial charge in [0.15, 0.2) is 0 Å². The fraction of sp³-hybridized carbons (Fsp3) is 0.375. The second kappa shape index (κ2) is 8.69. The van der Waals surface area contributed by atoms with Crippen LogP contribution in [-0.4, -0.2) is 21.2 Å². The zero-order valence-corrected chi connectivity index (χ0v) is 17.6. The molecule has 6 heteroatoms. The molecular weight excluding hydrogens is 378 g/mol. The van der Waals surface area contributed by atoms with Gasteiger partial charge >= 0.3 is 0 Å². The number of benzene rings is 1. The summed E-state index contributed by atoms with van der Waals surface area (Å²) in [6.45, 7) is 6.20. The van der Waals surface area contributed by atoms with Gasteiger partial charge in [0.25, 0.3) is 11.4 Å². The van der Waals surface area contributed by atoms with E-state index >= 15 is 0 Å². The van der Waals surface area contributed by atoms with Crippen LogP contribution >= 0.6 is 0 Å². The Bertz CT molecular complexity index is 1110. The SMILES string of the molecule is CCC1CCc2[nH]c(=O)c(-c3noc(/C=C/c4cccc(OC(C)C)c4)n3)cc2C1. The van der Waals surface area contributed by atoms with Crippen LogP contribution in [-0.2, 0) is 12.8 Å². The lowest BCUT2D eigenvalue weighted by Crippen LogP contribution is -2.21. The molecule has 1 aliphatic rings. The number of nitrogens with zero attached hydrogens (tertiary/aromatic N) is 2. The number of H-pyrrole nitrogens is 1. The Hall–Kier alpha value is -3.15. The molecule has 0 bridgehead atoms. The van der Waals surface area contributed by atoms with Crippen molar-refractivity contribution in [1.82, 2.24) is 15.1 Å². The van der Waals surface area contributed by atoms with E-state index in [4.69, 9.17) is 9.26 Å². The number of pyridine rings is 1. The summed E-state index contributed by atoms with van der Waals surface area (Å²) in [6.07, 6.45) is 7.91. The van der Waals surface area contributed by atoms with Gasteiger partial charge in [-0.3, -0.25) is 4.79 Å². The summed E-state index contributed by atoms with van der Waals surface area (Å²) in [5, 5.41) is 4.02. The van der Waals surface area contributed by atoms with Gasteiger partial charge in [0.05, 0.1) is 11.7 Å². The fourth-order valence-corrected chi connectivity index (χ4v) is 3.84. The van der Waals surface area contributed by atoms with Crippen molar-refractivity contribution in [3.05, 3.63) is 63.4 Å². The Balaban J connectivity index is 1.55.